The molecule has 1 saturated carbocycles. The van der Waals surface area contributed by atoms with E-state index in [0.717, 1.165) is 25.2 Å². The van der Waals surface area contributed by atoms with Gasteiger partial charge in [0.25, 0.3) is 0 Å². The Morgan fingerprint density at radius 3 is 2.67 bits per heavy atom. The van der Waals surface area contributed by atoms with E-state index in [4.69, 9.17) is 0 Å². The Bertz CT molecular complexity index is 736. The van der Waals surface area contributed by atoms with Crippen LogP contribution in [0.25, 0.3) is 10.9 Å². The molecule has 1 aliphatic carbocycles. The lowest BCUT2D eigenvalue weighted by Crippen LogP contribution is -2.41. The highest BCUT2D eigenvalue weighted by Crippen LogP contribution is 2.45. The monoisotopic (exact) mass is 369 g/mol. The fraction of sp³-hybridized carbons (Fsp3) is 0.682. The quantitative estimate of drug-likeness (QED) is 0.814. The standard InChI is InChI=1S/C22H35N5/c1-23-12-15-26(2)17-21-19-16-18(6-7-20(19)24-25-21)27-13-10-22(11-14-27)8-4-3-5-9-22/h6-7,16,23H,3-5,8-15,17H2,1-2H3,(H,24,25). The number of hydrogen-bond donors (Lipinski definition) is 2. The largest absolute Gasteiger partial charge is 0.371 e. The summed E-state index contributed by atoms with van der Waals surface area (Å²) in [5.41, 5.74) is 4.34. The summed E-state index contributed by atoms with van der Waals surface area (Å²) in [6, 6.07) is 6.80. The lowest BCUT2D eigenvalue weighted by Gasteiger charge is -2.45. The molecule has 5 nitrogen and oxygen atoms in total. The van der Waals surface area contributed by atoms with E-state index in [2.05, 4.69) is 50.6 Å². The number of fused-ring (bicyclic) bond motifs is 1. The summed E-state index contributed by atoms with van der Waals surface area (Å²) in [6.45, 7) is 5.36. The summed E-state index contributed by atoms with van der Waals surface area (Å²) in [5.74, 6) is 0. The number of nitrogens with one attached hydrogen (secondary N) is 2. The highest BCUT2D eigenvalue weighted by molar-refractivity contribution is 5.85. The fourth-order valence-electron chi connectivity index (χ4n) is 5.06. The summed E-state index contributed by atoms with van der Waals surface area (Å²) in [4.78, 5) is 4.94. The van der Waals surface area contributed by atoms with Gasteiger partial charge in [-0.1, -0.05) is 19.3 Å². The van der Waals surface area contributed by atoms with Crippen molar-refractivity contribution < 1.29 is 0 Å². The maximum absolute atomic E-state index is 4.52. The number of hydrogen-bond acceptors (Lipinski definition) is 4. The van der Waals surface area contributed by atoms with Gasteiger partial charge in [-0.15, -0.1) is 0 Å². The molecule has 4 rings (SSSR count). The molecule has 2 aromatic rings. The SMILES string of the molecule is CNCCN(C)Cc1[nH]nc2ccc(N3CCC4(CCCCC4)CC3)cc12. The van der Waals surface area contributed by atoms with Gasteiger partial charge in [0.15, 0.2) is 0 Å². The van der Waals surface area contributed by atoms with Crippen LogP contribution >= 0.6 is 0 Å². The molecule has 2 N–H and O–H groups in total. The summed E-state index contributed by atoms with van der Waals surface area (Å²) in [5, 5.41) is 12.3. The molecule has 1 aromatic heterocycles. The molecule has 148 valence electrons. The molecule has 2 aliphatic rings. The molecule has 0 bridgehead atoms. The van der Waals surface area contributed by atoms with Crippen LogP contribution in [0.2, 0.25) is 0 Å². The molecule has 2 fully saturated rings. The molecular formula is C22H35N5. The highest BCUT2D eigenvalue weighted by Gasteiger charge is 2.35. The zero-order chi connectivity index (χ0) is 18.7. The number of anilines is 1. The van der Waals surface area contributed by atoms with E-state index in [9.17, 15) is 0 Å². The second-order valence-corrected chi connectivity index (χ2v) is 8.79. The van der Waals surface area contributed by atoms with Gasteiger partial charge in [-0.3, -0.25) is 10.00 Å². The van der Waals surface area contributed by atoms with E-state index in [-0.39, 0.29) is 0 Å². The third-order valence-electron chi connectivity index (χ3n) is 6.89. The van der Waals surface area contributed by atoms with Crippen molar-refractivity contribution in [1.82, 2.24) is 20.4 Å². The summed E-state index contributed by atoms with van der Waals surface area (Å²) >= 11 is 0. The van der Waals surface area contributed by atoms with Crippen molar-refractivity contribution in [2.24, 2.45) is 5.41 Å². The van der Waals surface area contributed by atoms with Crippen molar-refractivity contribution in [1.29, 1.82) is 0 Å². The van der Waals surface area contributed by atoms with Crippen LogP contribution in [0.1, 0.15) is 50.6 Å². The second-order valence-electron chi connectivity index (χ2n) is 8.79. The van der Waals surface area contributed by atoms with Gasteiger partial charge in [0.1, 0.15) is 0 Å². The molecule has 1 aromatic carbocycles. The van der Waals surface area contributed by atoms with Gasteiger partial charge in [-0.05, 0) is 63.4 Å². The molecular weight excluding hydrogens is 334 g/mol. The van der Waals surface area contributed by atoms with Gasteiger partial charge < -0.3 is 10.2 Å². The lowest BCUT2D eigenvalue weighted by atomic mass is 9.68. The van der Waals surface area contributed by atoms with Crippen LogP contribution < -0.4 is 10.2 Å². The Morgan fingerprint density at radius 2 is 1.93 bits per heavy atom. The van der Waals surface area contributed by atoms with Gasteiger partial charge in [0, 0.05) is 43.8 Å². The van der Waals surface area contributed by atoms with Crippen LogP contribution in [0.4, 0.5) is 5.69 Å². The Labute approximate surface area is 163 Å². The third kappa shape index (κ3) is 4.14. The Kier molecular flexibility index (Phi) is 5.69. The van der Waals surface area contributed by atoms with Crippen molar-refractivity contribution >= 4 is 16.6 Å². The number of aromatic amines is 1. The van der Waals surface area contributed by atoms with Crippen LogP contribution in [0.3, 0.4) is 0 Å². The van der Waals surface area contributed by atoms with Crippen LogP contribution in [0, 0.1) is 5.41 Å². The van der Waals surface area contributed by atoms with Crippen LogP contribution in [0.15, 0.2) is 18.2 Å². The van der Waals surface area contributed by atoms with E-state index in [0.29, 0.717) is 5.41 Å². The molecule has 5 heteroatoms. The summed E-state index contributed by atoms with van der Waals surface area (Å²) in [6.07, 6.45) is 10.0. The molecule has 0 unspecified atom stereocenters. The van der Waals surface area contributed by atoms with Gasteiger partial charge in [0.05, 0.1) is 11.2 Å². The summed E-state index contributed by atoms with van der Waals surface area (Å²) in [7, 11) is 4.17. The predicted molar refractivity (Wildman–Crippen MR) is 113 cm³/mol. The maximum Gasteiger partial charge on any atom is 0.0925 e. The molecule has 0 atom stereocenters. The van der Waals surface area contributed by atoms with E-state index in [1.54, 1.807) is 0 Å². The predicted octanol–water partition coefficient (Wildman–Crippen LogP) is 3.76. The van der Waals surface area contributed by atoms with E-state index in [1.165, 1.54) is 74.8 Å². The molecule has 27 heavy (non-hydrogen) atoms. The minimum Gasteiger partial charge on any atom is -0.371 e. The average molecular weight is 370 g/mol. The van der Waals surface area contributed by atoms with Gasteiger partial charge in [0.2, 0.25) is 0 Å². The first kappa shape index (κ1) is 18.8. The molecule has 0 radical (unpaired) electrons. The average Bonchev–Trinajstić information content (AvgIpc) is 3.09. The van der Waals surface area contributed by atoms with Gasteiger partial charge in [-0.2, -0.15) is 5.10 Å². The Hall–Kier alpha value is -1.59. The fourth-order valence-corrected chi connectivity index (χ4v) is 5.06. The van der Waals surface area contributed by atoms with Crippen LogP contribution in [-0.4, -0.2) is 55.4 Å². The second kappa shape index (κ2) is 8.19. The zero-order valence-electron chi connectivity index (χ0n) is 17.1. The van der Waals surface area contributed by atoms with Crippen molar-refractivity contribution in [3.63, 3.8) is 0 Å². The van der Waals surface area contributed by atoms with Crippen LogP contribution in [-0.2, 0) is 6.54 Å². The van der Waals surface area contributed by atoms with Crippen LogP contribution in [0.5, 0.6) is 0 Å². The first-order valence-electron chi connectivity index (χ1n) is 10.7. The summed E-state index contributed by atoms with van der Waals surface area (Å²) < 4.78 is 0. The Balaban J connectivity index is 1.46. The smallest absolute Gasteiger partial charge is 0.0925 e. The molecule has 1 spiro atoms. The molecule has 1 saturated heterocycles. The first-order valence-corrected chi connectivity index (χ1v) is 10.7. The van der Waals surface area contributed by atoms with E-state index in [1.807, 2.05) is 7.05 Å². The number of nitrogens with zero attached hydrogens (tertiary/aromatic N) is 3. The number of rotatable bonds is 6. The number of likely N-dealkylation sites (N-methyl/N-ethyl adjacent to an activating group) is 2. The number of piperidine rings is 1. The van der Waals surface area contributed by atoms with Crippen molar-refractivity contribution in [2.75, 3.05) is 45.2 Å². The highest BCUT2D eigenvalue weighted by atomic mass is 15.2. The maximum atomic E-state index is 4.52. The van der Waals surface area contributed by atoms with Gasteiger partial charge in [-0.25, -0.2) is 0 Å². The molecule has 0 amide bonds. The molecule has 1 aliphatic heterocycles. The number of aromatic nitrogens is 2. The topological polar surface area (TPSA) is 47.2 Å². The minimum atomic E-state index is 0.662. The first-order chi connectivity index (χ1) is 13.2. The van der Waals surface area contributed by atoms with Crippen molar-refractivity contribution in [3.05, 3.63) is 23.9 Å². The number of H-pyrrole nitrogens is 1. The van der Waals surface area contributed by atoms with Gasteiger partial charge >= 0.3 is 0 Å². The molecule has 2 heterocycles. The third-order valence-corrected chi connectivity index (χ3v) is 6.89. The zero-order valence-corrected chi connectivity index (χ0v) is 17.1. The van der Waals surface area contributed by atoms with Crippen molar-refractivity contribution in [3.8, 4) is 0 Å². The number of benzene rings is 1. The Morgan fingerprint density at radius 1 is 1.15 bits per heavy atom. The van der Waals surface area contributed by atoms with Crippen molar-refractivity contribution in [2.45, 2.75) is 51.5 Å². The normalized spacial score (nSPS) is 20.0. The van der Waals surface area contributed by atoms with E-state index < -0.39 is 0 Å². The minimum absolute atomic E-state index is 0.662. The lowest BCUT2D eigenvalue weighted by molar-refractivity contribution is 0.144. The van der Waals surface area contributed by atoms with E-state index >= 15 is 0 Å².